The maximum Gasteiger partial charge on any atom is 0.250 e. The molecule has 0 spiro atoms. The van der Waals surface area contributed by atoms with Crippen molar-refractivity contribution in [3.8, 4) is 28.5 Å². The van der Waals surface area contributed by atoms with Gasteiger partial charge in [0, 0.05) is 17.7 Å². The number of rotatable bonds is 14. The monoisotopic (exact) mass is 505 g/mol. The molecule has 0 radical (unpaired) electrons. The van der Waals surface area contributed by atoms with E-state index in [2.05, 4.69) is 22.3 Å². The first-order valence-corrected chi connectivity index (χ1v) is 13.3. The van der Waals surface area contributed by atoms with Gasteiger partial charge in [-0.25, -0.2) is 0 Å². The van der Waals surface area contributed by atoms with E-state index in [9.17, 15) is 9.59 Å². The quantitative estimate of drug-likeness (QED) is 0.155. The van der Waals surface area contributed by atoms with E-state index in [1.54, 1.807) is 12.3 Å². The van der Waals surface area contributed by atoms with Crippen LogP contribution < -0.4 is 15.6 Å². The average Bonchev–Trinajstić information content (AvgIpc) is 3.44. The minimum atomic E-state index is -0.549. The highest BCUT2D eigenvalue weighted by molar-refractivity contribution is 5.66. The Balaban J connectivity index is 1.44. The van der Waals surface area contributed by atoms with Crippen LogP contribution in [0, 0.1) is 6.92 Å². The Labute approximate surface area is 216 Å². The lowest BCUT2D eigenvalue weighted by atomic mass is 10.0. The zero-order chi connectivity index (χ0) is 26.0. The Kier molecular flexibility index (Phi) is 9.29. The molecule has 0 saturated heterocycles. The molecule has 4 rings (SSSR count). The van der Waals surface area contributed by atoms with Crippen LogP contribution in [-0.2, 0) is 13.0 Å². The van der Waals surface area contributed by atoms with Crippen LogP contribution in [0.15, 0.2) is 55.1 Å². The van der Waals surface area contributed by atoms with Crippen LogP contribution in [0.3, 0.4) is 0 Å². The number of aromatic amines is 1. The van der Waals surface area contributed by atoms with Crippen molar-refractivity contribution in [3.63, 3.8) is 0 Å². The van der Waals surface area contributed by atoms with Gasteiger partial charge in [-0.15, -0.1) is 5.10 Å². The lowest BCUT2D eigenvalue weighted by Gasteiger charge is -2.13. The number of ether oxygens (including phenoxy) is 1. The zero-order valence-electron chi connectivity index (χ0n) is 21.7. The van der Waals surface area contributed by atoms with Gasteiger partial charge >= 0.3 is 0 Å². The maximum absolute atomic E-state index is 12.7. The van der Waals surface area contributed by atoms with Crippen molar-refractivity contribution < 1.29 is 13.7 Å². The predicted molar refractivity (Wildman–Crippen MR) is 142 cm³/mol. The molecule has 1 aliphatic carbocycles. The van der Waals surface area contributed by atoms with E-state index >= 15 is 0 Å². The fourth-order valence-electron chi connectivity index (χ4n) is 4.50. The molecule has 2 heterocycles. The van der Waals surface area contributed by atoms with E-state index in [-0.39, 0.29) is 12.5 Å². The molecule has 2 aliphatic rings. The van der Waals surface area contributed by atoms with E-state index in [4.69, 9.17) is 13.7 Å². The highest BCUT2D eigenvalue weighted by Gasteiger charge is 2.20. The Bertz CT molecular complexity index is 1360. The summed E-state index contributed by atoms with van der Waals surface area (Å²) in [7, 11) is 0. The summed E-state index contributed by atoms with van der Waals surface area (Å²) in [6, 6.07) is 8.77. The minimum absolute atomic E-state index is 0.0292. The Morgan fingerprint density at radius 2 is 1.70 bits per heavy atom. The number of unbranched alkanes of at least 4 members (excludes halogenated alkanes) is 8. The third-order valence-electron chi connectivity index (χ3n) is 6.53. The standard InChI is InChI=1S/C29H35N3O5/c1-3-4-5-6-7-8-9-10-11-12-21-28(34)24(33)18-23-29(21)36-27(32-31-23)19-35-25-14-13-20(2)17-22(25)26-15-16-30-37-26/h13-18,31H,3-12,19H2,1-2H3. The average molecular weight is 506 g/mol. The van der Waals surface area contributed by atoms with E-state index in [0.717, 1.165) is 30.4 Å². The van der Waals surface area contributed by atoms with Gasteiger partial charge in [0.15, 0.2) is 18.1 Å². The van der Waals surface area contributed by atoms with Gasteiger partial charge in [0.2, 0.25) is 16.7 Å². The van der Waals surface area contributed by atoms with Crippen LogP contribution >= 0.6 is 0 Å². The second kappa shape index (κ2) is 13.0. The van der Waals surface area contributed by atoms with Crippen LogP contribution in [0.5, 0.6) is 5.75 Å². The molecule has 0 bridgehead atoms. The van der Waals surface area contributed by atoms with Crippen LogP contribution in [-0.4, -0.2) is 15.4 Å². The van der Waals surface area contributed by atoms with Gasteiger partial charge in [0.1, 0.15) is 11.4 Å². The molecule has 8 heteroatoms. The molecular weight excluding hydrogens is 470 g/mol. The molecule has 0 saturated carbocycles. The summed E-state index contributed by atoms with van der Waals surface area (Å²) in [5, 5.41) is 10.8. The predicted octanol–water partition coefficient (Wildman–Crippen LogP) is 6.44. The maximum atomic E-state index is 12.7. The number of benzene rings is 2. The first-order chi connectivity index (χ1) is 18.1. The molecule has 0 fully saturated rings. The summed E-state index contributed by atoms with van der Waals surface area (Å²) >= 11 is 0. The van der Waals surface area contributed by atoms with Crippen molar-refractivity contribution in [2.45, 2.75) is 84.7 Å². The summed E-state index contributed by atoms with van der Waals surface area (Å²) in [6.45, 7) is 4.24. The number of hydrogen-bond donors (Lipinski definition) is 1. The molecular formula is C29H35N3O5. The first kappa shape index (κ1) is 26.4. The highest BCUT2D eigenvalue weighted by Crippen LogP contribution is 2.31. The second-order valence-corrected chi connectivity index (χ2v) is 9.52. The van der Waals surface area contributed by atoms with E-state index in [1.807, 2.05) is 25.1 Å². The third-order valence-corrected chi connectivity index (χ3v) is 6.53. The lowest BCUT2D eigenvalue weighted by molar-refractivity contribution is 0.254. The van der Waals surface area contributed by atoms with E-state index in [0.29, 0.717) is 34.9 Å². The lowest BCUT2D eigenvalue weighted by Crippen LogP contribution is -2.28. The smallest absolute Gasteiger partial charge is 0.250 e. The topological polar surface area (TPSA) is 111 Å². The Morgan fingerprint density at radius 1 is 0.946 bits per heavy atom. The molecule has 8 nitrogen and oxygen atoms in total. The van der Waals surface area contributed by atoms with Crippen molar-refractivity contribution >= 4 is 0 Å². The Morgan fingerprint density at radius 3 is 2.43 bits per heavy atom. The summed E-state index contributed by atoms with van der Waals surface area (Å²) in [6.07, 6.45) is 12.7. The largest absolute Gasteiger partial charge is 0.483 e. The van der Waals surface area contributed by atoms with Crippen molar-refractivity contribution in [2.75, 3.05) is 0 Å². The van der Waals surface area contributed by atoms with E-state index < -0.39 is 10.9 Å². The van der Waals surface area contributed by atoms with E-state index in [1.165, 1.54) is 44.6 Å². The molecule has 2 aromatic rings. The van der Waals surface area contributed by atoms with Crippen molar-refractivity contribution in [3.05, 3.63) is 74.0 Å². The fourth-order valence-corrected chi connectivity index (χ4v) is 4.50. The van der Waals surface area contributed by atoms with Gasteiger partial charge in [-0.3, -0.25) is 14.7 Å². The second-order valence-electron chi connectivity index (χ2n) is 9.52. The fraction of sp³-hybridized carbons (Fsp3) is 0.448. The SMILES string of the molecule is CCCCCCCCCCCc1c2oc(COc3ccc(C)cc3-c3ccno3)n[nH]c-2cc(=O)c1=O. The highest BCUT2D eigenvalue weighted by atomic mass is 16.5. The minimum Gasteiger partial charge on any atom is -0.483 e. The molecule has 0 unspecified atom stereocenters. The number of fused-ring (bicyclic) bond motifs is 1. The molecule has 0 amide bonds. The molecule has 1 aliphatic heterocycles. The number of aryl methyl sites for hydroxylation is 1. The summed E-state index contributed by atoms with van der Waals surface area (Å²) in [5.74, 6) is 1.82. The summed E-state index contributed by atoms with van der Waals surface area (Å²) in [5.41, 5.74) is 1.59. The van der Waals surface area contributed by atoms with Crippen LogP contribution in [0.2, 0.25) is 0 Å². The summed E-state index contributed by atoms with van der Waals surface area (Å²) in [4.78, 5) is 24.9. The van der Waals surface area contributed by atoms with Gasteiger partial charge in [0.25, 0.3) is 0 Å². The van der Waals surface area contributed by atoms with Gasteiger partial charge in [0.05, 0.1) is 11.8 Å². The van der Waals surface area contributed by atoms with Gasteiger partial charge < -0.3 is 13.7 Å². The van der Waals surface area contributed by atoms with Gasteiger partial charge in [-0.05, 0) is 31.9 Å². The molecule has 0 atom stereocenters. The molecule has 1 aromatic heterocycles. The van der Waals surface area contributed by atoms with Crippen LogP contribution in [0.25, 0.3) is 22.8 Å². The van der Waals surface area contributed by atoms with Crippen LogP contribution in [0.1, 0.15) is 81.7 Å². The number of H-pyrrole nitrogens is 1. The number of nitrogens with zero attached hydrogens (tertiary/aromatic N) is 2. The summed E-state index contributed by atoms with van der Waals surface area (Å²) < 4.78 is 17.3. The van der Waals surface area contributed by atoms with Gasteiger partial charge in [-0.1, -0.05) is 75.1 Å². The number of hydrogen-bond acceptors (Lipinski definition) is 7. The molecule has 37 heavy (non-hydrogen) atoms. The zero-order valence-corrected chi connectivity index (χ0v) is 21.7. The van der Waals surface area contributed by atoms with Crippen LogP contribution in [0.4, 0.5) is 0 Å². The number of nitrogens with one attached hydrogen (secondary N) is 1. The third kappa shape index (κ3) is 6.96. The van der Waals surface area contributed by atoms with Gasteiger partial charge in [-0.2, -0.15) is 0 Å². The molecule has 1 N–H and O–H groups in total. The Hall–Kier alpha value is -3.68. The normalized spacial score (nSPS) is 11.3. The molecule has 1 aromatic carbocycles. The van der Waals surface area contributed by atoms with Crippen molar-refractivity contribution in [1.29, 1.82) is 0 Å². The molecule has 196 valence electrons. The van der Waals surface area contributed by atoms with Crippen molar-refractivity contribution in [1.82, 2.24) is 15.4 Å². The van der Waals surface area contributed by atoms with Crippen molar-refractivity contribution in [2.24, 2.45) is 0 Å². The number of aromatic nitrogens is 3. The first-order valence-electron chi connectivity index (χ1n) is 13.3.